The molecule has 0 unspecified atom stereocenters. The number of carbonyl (C=O) groups is 1. The third-order valence-corrected chi connectivity index (χ3v) is 1.95. The fraction of sp³-hybridized carbons (Fsp3) is 0.125. The monoisotopic (exact) mass is 166 g/mol. The van der Waals surface area contributed by atoms with Gasteiger partial charge in [-0.1, -0.05) is 0 Å². The average Bonchev–Trinajstić information content (AvgIpc) is 2.31. The molecule has 1 rings (SSSR count). The highest BCUT2D eigenvalue weighted by atomic mass is 32.1. The van der Waals surface area contributed by atoms with E-state index >= 15 is 0 Å². The van der Waals surface area contributed by atoms with E-state index in [9.17, 15) is 4.79 Å². The molecule has 0 fully saturated rings. The van der Waals surface area contributed by atoms with Crippen molar-refractivity contribution in [3.63, 3.8) is 0 Å². The van der Waals surface area contributed by atoms with Crippen LogP contribution in [0.1, 0.15) is 9.75 Å². The molecule has 1 aromatic rings. The molecule has 0 atom stereocenters. The van der Waals surface area contributed by atoms with Crippen LogP contribution in [0.15, 0.2) is 12.1 Å². The van der Waals surface area contributed by atoms with Crippen molar-refractivity contribution in [1.29, 1.82) is 0 Å². The van der Waals surface area contributed by atoms with Crippen LogP contribution in [-0.4, -0.2) is 11.1 Å². The number of hydrogen-bond donors (Lipinski definition) is 1. The standard InChI is InChI=1S/C8H6O2S/c1-6-2-3-7(11-6)4-5-8(9)10/h2-3H,1H3,(H,9,10). The highest BCUT2D eigenvalue weighted by molar-refractivity contribution is 7.12. The lowest BCUT2D eigenvalue weighted by Gasteiger charge is -1.74. The van der Waals surface area contributed by atoms with E-state index in [1.807, 2.05) is 19.1 Å². The minimum atomic E-state index is -1.09. The van der Waals surface area contributed by atoms with Gasteiger partial charge >= 0.3 is 5.97 Å². The molecule has 0 radical (unpaired) electrons. The third-order valence-electron chi connectivity index (χ3n) is 1.03. The van der Waals surface area contributed by atoms with Gasteiger partial charge in [0.15, 0.2) is 0 Å². The van der Waals surface area contributed by atoms with Crippen LogP contribution in [0.4, 0.5) is 0 Å². The SMILES string of the molecule is Cc1ccc(C#CC(=O)O)s1. The van der Waals surface area contributed by atoms with Gasteiger partial charge in [0.25, 0.3) is 0 Å². The maximum absolute atomic E-state index is 10.0. The van der Waals surface area contributed by atoms with Gasteiger partial charge in [0.1, 0.15) is 0 Å². The van der Waals surface area contributed by atoms with E-state index in [1.165, 1.54) is 11.3 Å². The number of carboxylic acids is 1. The molecule has 0 amide bonds. The molecule has 1 aromatic heterocycles. The molecule has 0 spiro atoms. The molecule has 2 nitrogen and oxygen atoms in total. The first-order valence-electron chi connectivity index (χ1n) is 3.00. The van der Waals surface area contributed by atoms with Gasteiger partial charge in [-0.3, -0.25) is 0 Å². The summed E-state index contributed by atoms with van der Waals surface area (Å²) in [6.45, 7) is 1.95. The minimum Gasteiger partial charge on any atom is -0.472 e. The minimum absolute atomic E-state index is 0.796. The fourth-order valence-corrected chi connectivity index (χ4v) is 1.34. The lowest BCUT2D eigenvalue weighted by atomic mass is 10.4. The first-order chi connectivity index (χ1) is 5.18. The average molecular weight is 166 g/mol. The molecule has 56 valence electrons. The quantitative estimate of drug-likeness (QED) is 0.593. The topological polar surface area (TPSA) is 37.3 Å². The van der Waals surface area contributed by atoms with Gasteiger partial charge in [0.05, 0.1) is 4.88 Å². The molecule has 0 saturated heterocycles. The molecule has 0 saturated carbocycles. The van der Waals surface area contributed by atoms with Crippen molar-refractivity contribution in [2.75, 3.05) is 0 Å². The zero-order chi connectivity index (χ0) is 8.27. The van der Waals surface area contributed by atoms with E-state index in [-0.39, 0.29) is 0 Å². The zero-order valence-electron chi connectivity index (χ0n) is 5.92. The summed E-state index contributed by atoms with van der Waals surface area (Å²) in [5, 5.41) is 8.21. The Balaban J connectivity index is 2.82. The van der Waals surface area contributed by atoms with E-state index in [2.05, 4.69) is 11.8 Å². The summed E-state index contributed by atoms with van der Waals surface area (Å²) in [6, 6.07) is 3.73. The van der Waals surface area contributed by atoms with Crippen molar-refractivity contribution >= 4 is 17.3 Å². The van der Waals surface area contributed by atoms with Crippen LogP contribution >= 0.6 is 11.3 Å². The lowest BCUT2D eigenvalue weighted by Crippen LogP contribution is -1.85. The van der Waals surface area contributed by atoms with Crippen molar-refractivity contribution in [2.24, 2.45) is 0 Å². The Morgan fingerprint density at radius 3 is 2.82 bits per heavy atom. The van der Waals surface area contributed by atoms with Gasteiger partial charge in [0.2, 0.25) is 0 Å². The van der Waals surface area contributed by atoms with Crippen molar-refractivity contribution < 1.29 is 9.90 Å². The Kier molecular flexibility index (Phi) is 2.29. The van der Waals surface area contributed by atoms with E-state index in [4.69, 9.17) is 5.11 Å². The summed E-state index contributed by atoms with van der Waals surface area (Å²) in [7, 11) is 0. The highest BCUT2D eigenvalue weighted by Gasteiger charge is 1.91. The van der Waals surface area contributed by atoms with Gasteiger partial charge in [0, 0.05) is 10.8 Å². The predicted molar refractivity (Wildman–Crippen MR) is 43.6 cm³/mol. The number of thiophene rings is 1. The lowest BCUT2D eigenvalue weighted by molar-refractivity contribution is -0.130. The summed E-state index contributed by atoms with van der Waals surface area (Å²) in [6.07, 6.45) is 0. The van der Waals surface area contributed by atoms with E-state index in [0.29, 0.717) is 0 Å². The summed E-state index contributed by atoms with van der Waals surface area (Å²) in [4.78, 5) is 11.9. The zero-order valence-corrected chi connectivity index (χ0v) is 6.73. The molecule has 0 aliphatic carbocycles. The highest BCUT2D eigenvalue weighted by Crippen LogP contribution is 2.12. The van der Waals surface area contributed by atoms with Crippen LogP contribution in [0, 0.1) is 18.8 Å². The Bertz CT molecular complexity index is 327. The molecule has 3 heteroatoms. The second-order valence-electron chi connectivity index (χ2n) is 1.97. The van der Waals surface area contributed by atoms with Gasteiger partial charge in [-0.15, -0.1) is 11.3 Å². The molecule has 1 heterocycles. The second-order valence-corrected chi connectivity index (χ2v) is 3.25. The first kappa shape index (κ1) is 7.83. The normalized spacial score (nSPS) is 8.45. The number of aryl methyl sites for hydroxylation is 1. The smallest absolute Gasteiger partial charge is 0.382 e. The predicted octanol–water partition coefficient (Wildman–Crippen LogP) is 1.49. The molecule has 0 bridgehead atoms. The van der Waals surface area contributed by atoms with E-state index in [1.54, 1.807) is 0 Å². The van der Waals surface area contributed by atoms with Gasteiger partial charge < -0.3 is 5.11 Å². The van der Waals surface area contributed by atoms with Gasteiger partial charge in [-0.05, 0) is 25.0 Å². The first-order valence-corrected chi connectivity index (χ1v) is 3.81. The largest absolute Gasteiger partial charge is 0.472 e. The van der Waals surface area contributed by atoms with Crippen LogP contribution < -0.4 is 0 Å². The van der Waals surface area contributed by atoms with Crippen LogP contribution in [0.3, 0.4) is 0 Å². The van der Waals surface area contributed by atoms with Gasteiger partial charge in [-0.2, -0.15) is 0 Å². The fourth-order valence-electron chi connectivity index (χ4n) is 0.617. The number of rotatable bonds is 0. The molecular formula is C8H6O2S. The summed E-state index contributed by atoms with van der Waals surface area (Å²) in [5.74, 6) is 3.50. The maximum Gasteiger partial charge on any atom is 0.382 e. The van der Waals surface area contributed by atoms with Crippen LogP contribution in [-0.2, 0) is 4.79 Å². The summed E-state index contributed by atoms with van der Waals surface area (Å²) >= 11 is 1.49. The van der Waals surface area contributed by atoms with E-state index < -0.39 is 5.97 Å². The van der Waals surface area contributed by atoms with Gasteiger partial charge in [-0.25, -0.2) is 4.79 Å². The Morgan fingerprint density at radius 2 is 2.36 bits per heavy atom. The Morgan fingerprint density at radius 1 is 1.64 bits per heavy atom. The maximum atomic E-state index is 10.0. The van der Waals surface area contributed by atoms with Crippen molar-refractivity contribution in [3.8, 4) is 11.8 Å². The number of carboxylic acid groups (broad SMARTS) is 1. The summed E-state index contributed by atoms with van der Waals surface area (Å²) in [5.41, 5.74) is 0. The molecular weight excluding hydrogens is 160 g/mol. The van der Waals surface area contributed by atoms with Crippen LogP contribution in [0.25, 0.3) is 0 Å². The third kappa shape index (κ3) is 2.44. The number of aliphatic carboxylic acids is 1. The molecule has 1 N–H and O–H groups in total. The van der Waals surface area contributed by atoms with Crippen molar-refractivity contribution in [1.82, 2.24) is 0 Å². The van der Waals surface area contributed by atoms with Crippen LogP contribution in [0.5, 0.6) is 0 Å². The molecule has 0 aromatic carbocycles. The molecule has 0 aliphatic heterocycles. The van der Waals surface area contributed by atoms with Crippen molar-refractivity contribution in [2.45, 2.75) is 6.92 Å². The molecule has 11 heavy (non-hydrogen) atoms. The Hall–Kier alpha value is -1.27. The second kappa shape index (κ2) is 3.22. The Labute approximate surface area is 68.5 Å². The van der Waals surface area contributed by atoms with Crippen LogP contribution in [0.2, 0.25) is 0 Å². The number of hydrogen-bond acceptors (Lipinski definition) is 2. The van der Waals surface area contributed by atoms with Crippen molar-refractivity contribution in [3.05, 3.63) is 21.9 Å². The summed E-state index contributed by atoms with van der Waals surface area (Å²) < 4.78 is 0. The molecule has 0 aliphatic rings. The van der Waals surface area contributed by atoms with E-state index in [0.717, 1.165) is 9.75 Å².